The molecule has 28 heavy (non-hydrogen) atoms. The molecular formula is C22H24ClNO4. The molecule has 6 heteroatoms. The van der Waals surface area contributed by atoms with Crippen LogP contribution in [0.2, 0.25) is 5.02 Å². The number of anilines is 1. The molecule has 0 saturated carbocycles. The number of rotatable bonds is 4. The summed E-state index contributed by atoms with van der Waals surface area (Å²) < 4.78 is 11.0. The highest BCUT2D eigenvalue weighted by atomic mass is 35.5. The van der Waals surface area contributed by atoms with Gasteiger partial charge in [0, 0.05) is 10.7 Å². The van der Waals surface area contributed by atoms with Crippen molar-refractivity contribution in [3.63, 3.8) is 0 Å². The van der Waals surface area contributed by atoms with Gasteiger partial charge in [-0.25, -0.2) is 0 Å². The molecule has 0 unspecified atom stereocenters. The van der Waals surface area contributed by atoms with Crippen molar-refractivity contribution >= 4 is 29.2 Å². The van der Waals surface area contributed by atoms with Gasteiger partial charge >= 0.3 is 5.97 Å². The number of carbonyl (C=O) groups is 2. The Morgan fingerprint density at radius 3 is 2.54 bits per heavy atom. The Labute approximate surface area is 170 Å². The van der Waals surface area contributed by atoms with Crippen LogP contribution in [-0.2, 0) is 20.7 Å². The first-order valence-corrected chi connectivity index (χ1v) is 9.63. The predicted molar refractivity (Wildman–Crippen MR) is 109 cm³/mol. The SMILES string of the molecule is Cc1cc(C)c(NC(=O)[C@@H](C)OC(=O)[C@@H]2COc3ccc(Cl)cc3C2)c(C)c1. The average Bonchev–Trinajstić information content (AvgIpc) is 2.63. The highest BCUT2D eigenvalue weighted by Gasteiger charge is 2.30. The fourth-order valence-corrected chi connectivity index (χ4v) is 3.64. The molecule has 0 fully saturated rings. The third-order valence-corrected chi connectivity index (χ3v) is 5.08. The molecule has 148 valence electrons. The number of fused-ring (bicyclic) bond motifs is 1. The molecule has 2 atom stereocenters. The Morgan fingerprint density at radius 1 is 1.18 bits per heavy atom. The molecule has 2 aromatic rings. The molecule has 0 bridgehead atoms. The maximum atomic E-state index is 12.5. The molecule has 1 N–H and O–H groups in total. The lowest BCUT2D eigenvalue weighted by Crippen LogP contribution is -2.36. The molecule has 3 rings (SSSR count). The monoisotopic (exact) mass is 401 g/mol. The summed E-state index contributed by atoms with van der Waals surface area (Å²) in [6.07, 6.45) is -0.437. The van der Waals surface area contributed by atoms with Gasteiger partial charge in [-0.2, -0.15) is 0 Å². The van der Waals surface area contributed by atoms with Crippen LogP contribution in [0.1, 0.15) is 29.2 Å². The highest BCUT2D eigenvalue weighted by Crippen LogP contribution is 2.30. The largest absolute Gasteiger partial charge is 0.492 e. The van der Waals surface area contributed by atoms with Crippen LogP contribution in [0.5, 0.6) is 5.75 Å². The Kier molecular flexibility index (Phi) is 5.94. The van der Waals surface area contributed by atoms with Gasteiger partial charge in [-0.1, -0.05) is 29.3 Å². The van der Waals surface area contributed by atoms with Crippen molar-refractivity contribution in [2.45, 2.75) is 40.2 Å². The number of hydrogen-bond donors (Lipinski definition) is 1. The van der Waals surface area contributed by atoms with Gasteiger partial charge in [0.25, 0.3) is 5.91 Å². The summed E-state index contributed by atoms with van der Waals surface area (Å²) in [7, 11) is 0. The number of ether oxygens (including phenoxy) is 2. The second-order valence-electron chi connectivity index (χ2n) is 7.31. The molecule has 0 spiro atoms. The van der Waals surface area contributed by atoms with E-state index in [1.54, 1.807) is 25.1 Å². The van der Waals surface area contributed by atoms with E-state index in [1.807, 2.05) is 32.9 Å². The molecule has 1 aliphatic rings. The van der Waals surface area contributed by atoms with E-state index in [0.29, 0.717) is 11.4 Å². The van der Waals surface area contributed by atoms with Crippen molar-refractivity contribution in [3.05, 3.63) is 57.6 Å². The lowest BCUT2D eigenvalue weighted by atomic mass is 9.97. The highest BCUT2D eigenvalue weighted by molar-refractivity contribution is 6.30. The van der Waals surface area contributed by atoms with Crippen LogP contribution < -0.4 is 10.1 Å². The molecular weight excluding hydrogens is 378 g/mol. The summed E-state index contributed by atoms with van der Waals surface area (Å²) in [5.41, 5.74) is 4.69. The minimum absolute atomic E-state index is 0.220. The lowest BCUT2D eigenvalue weighted by molar-refractivity contribution is -0.158. The molecule has 0 radical (unpaired) electrons. The summed E-state index contributed by atoms with van der Waals surface area (Å²) in [6.45, 7) is 7.68. The first-order valence-electron chi connectivity index (χ1n) is 9.25. The summed E-state index contributed by atoms with van der Waals surface area (Å²) in [5.74, 6) is -0.553. The van der Waals surface area contributed by atoms with Crippen molar-refractivity contribution in [1.82, 2.24) is 0 Å². The summed E-state index contributed by atoms with van der Waals surface area (Å²) >= 11 is 6.02. The minimum Gasteiger partial charge on any atom is -0.492 e. The van der Waals surface area contributed by atoms with Gasteiger partial charge in [0.2, 0.25) is 0 Å². The van der Waals surface area contributed by atoms with E-state index < -0.39 is 18.0 Å². The third-order valence-electron chi connectivity index (χ3n) is 4.85. The smallest absolute Gasteiger partial charge is 0.313 e. The van der Waals surface area contributed by atoms with E-state index in [1.165, 1.54) is 0 Å². The maximum absolute atomic E-state index is 12.5. The number of hydrogen-bond acceptors (Lipinski definition) is 4. The van der Waals surface area contributed by atoms with E-state index in [9.17, 15) is 9.59 Å². The number of esters is 1. The van der Waals surface area contributed by atoms with Crippen LogP contribution in [0.3, 0.4) is 0 Å². The molecule has 0 saturated heterocycles. The van der Waals surface area contributed by atoms with Gasteiger partial charge in [-0.3, -0.25) is 9.59 Å². The van der Waals surface area contributed by atoms with Crippen LogP contribution in [-0.4, -0.2) is 24.6 Å². The average molecular weight is 402 g/mol. The number of carbonyl (C=O) groups excluding carboxylic acids is 2. The number of amides is 1. The standard InChI is InChI=1S/C22H24ClNO4/c1-12-7-13(2)20(14(3)8-12)24-21(25)15(4)28-22(26)17-9-16-10-18(23)5-6-19(16)27-11-17/h5-8,10,15,17H,9,11H2,1-4H3,(H,24,25)/t15-,17+/m1/s1. The van der Waals surface area contributed by atoms with E-state index in [0.717, 1.165) is 33.7 Å². The summed E-state index contributed by atoms with van der Waals surface area (Å²) in [6, 6.07) is 9.33. The van der Waals surface area contributed by atoms with Crippen LogP contribution in [0, 0.1) is 26.7 Å². The van der Waals surface area contributed by atoms with Crippen LogP contribution in [0.4, 0.5) is 5.69 Å². The van der Waals surface area contributed by atoms with Crippen molar-refractivity contribution in [2.24, 2.45) is 5.92 Å². The topological polar surface area (TPSA) is 64.6 Å². The second-order valence-corrected chi connectivity index (χ2v) is 7.74. The molecule has 0 aliphatic carbocycles. The van der Waals surface area contributed by atoms with E-state index in [4.69, 9.17) is 21.1 Å². The summed E-state index contributed by atoms with van der Waals surface area (Å²) in [5, 5.41) is 3.46. The fraction of sp³-hybridized carbons (Fsp3) is 0.364. The van der Waals surface area contributed by atoms with Gasteiger partial charge in [-0.05, 0) is 69.0 Å². The van der Waals surface area contributed by atoms with E-state index in [-0.39, 0.29) is 12.5 Å². The van der Waals surface area contributed by atoms with Gasteiger partial charge < -0.3 is 14.8 Å². The van der Waals surface area contributed by atoms with Gasteiger partial charge in [0.1, 0.15) is 12.4 Å². The first-order chi connectivity index (χ1) is 13.2. The number of halogens is 1. The van der Waals surface area contributed by atoms with Crippen LogP contribution in [0.15, 0.2) is 30.3 Å². The number of nitrogens with one attached hydrogen (secondary N) is 1. The van der Waals surface area contributed by atoms with Crippen molar-refractivity contribution in [2.75, 3.05) is 11.9 Å². The van der Waals surface area contributed by atoms with Gasteiger partial charge in [-0.15, -0.1) is 0 Å². The molecule has 1 amide bonds. The first kappa shape index (κ1) is 20.2. The molecule has 0 aromatic heterocycles. The fourth-order valence-electron chi connectivity index (χ4n) is 3.44. The van der Waals surface area contributed by atoms with Crippen molar-refractivity contribution < 1.29 is 19.1 Å². The van der Waals surface area contributed by atoms with Crippen LogP contribution in [0.25, 0.3) is 0 Å². The van der Waals surface area contributed by atoms with Gasteiger partial charge in [0.05, 0.1) is 5.92 Å². The number of benzene rings is 2. The molecule has 2 aromatic carbocycles. The van der Waals surface area contributed by atoms with Gasteiger partial charge in [0.15, 0.2) is 6.10 Å². The van der Waals surface area contributed by atoms with Crippen molar-refractivity contribution in [1.29, 1.82) is 0 Å². The van der Waals surface area contributed by atoms with E-state index >= 15 is 0 Å². The summed E-state index contributed by atoms with van der Waals surface area (Å²) in [4.78, 5) is 25.0. The Balaban J connectivity index is 1.62. The predicted octanol–water partition coefficient (Wildman–Crippen LogP) is 4.39. The lowest BCUT2D eigenvalue weighted by Gasteiger charge is -2.25. The normalized spacial score (nSPS) is 16.5. The Hall–Kier alpha value is -2.53. The minimum atomic E-state index is -0.909. The quantitative estimate of drug-likeness (QED) is 0.772. The Morgan fingerprint density at radius 2 is 1.86 bits per heavy atom. The zero-order valence-corrected chi connectivity index (χ0v) is 17.2. The maximum Gasteiger partial charge on any atom is 0.313 e. The number of aryl methyl sites for hydroxylation is 3. The molecule has 5 nitrogen and oxygen atoms in total. The Bertz CT molecular complexity index is 902. The second kappa shape index (κ2) is 8.23. The van der Waals surface area contributed by atoms with E-state index in [2.05, 4.69) is 5.32 Å². The zero-order chi connectivity index (χ0) is 20.4. The molecule has 1 heterocycles. The third kappa shape index (κ3) is 4.47. The van der Waals surface area contributed by atoms with Crippen LogP contribution >= 0.6 is 11.6 Å². The zero-order valence-electron chi connectivity index (χ0n) is 16.5. The molecule has 1 aliphatic heterocycles. The van der Waals surface area contributed by atoms with Crippen molar-refractivity contribution in [3.8, 4) is 5.75 Å².